The van der Waals surface area contributed by atoms with Crippen molar-refractivity contribution >= 4 is 11.6 Å². The standard InChI is InChI=1S/C17H19ClFN/c1-3-8-20-11-13-5-6-14(18)10-15(13)16-9-12(2)4-7-17(16)19/h4-7,9-10,20H,3,8,11H2,1-2H3. The van der Waals surface area contributed by atoms with Gasteiger partial charge in [0.05, 0.1) is 0 Å². The third kappa shape index (κ3) is 3.59. The number of aryl methyl sites for hydroxylation is 1. The summed E-state index contributed by atoms with van der Waals surface area (Å²) < 4.78 is 14.1. The zero-order valence-corrected chi connectivity index (χ0v) is 12.6. The van der Waals surface area contributed by atoms with Gasteiger partial charge in [-0.2, -0.15) is 0 Å². The molecule has 2 rings (SSSR count). The third-order valence-electron chi connectivity index (χ3n) is 3.23. The maximum Gasteiger partial charge on any atom is 0.131 e. The lowest BCUT2D eigenvalue weighted by Crippen LogP contribution is -2.14. The van der Waals surface area contributed by atoms with Crippen LogP contribution < -0.4 is 5.32 Å². The molecule has 0 spiro atoms. The average molecular weight is 292 g/mol. The van der Waals surface area contributed by atoms with Crippen LogP contribution in [0.1, 0.15) is 24.5 Å². The lowest BCUT2D eigenvalue weighted by Gasteiger charge is -2.13. The predicted molar refractivity (Wildman–Crippen MR) is 83.6 cm³/mol. The number of benzene rings is 2. The number of nitrogens with one attached hydrogen (secondary N) is 1. The van der Waals surface area contributed by atoms with E-state index in [0.717, 1.165) is 29.7 Å². The quantitative estimate of drug-likeness (QED) is 0.768. The van der Waals surface area contributed by atoms with Gasteiger partial charge in [-0.1, -0.05) is 36.2 Å². The second-order valence-corrected chi connectivity index (χ2v) is 5.40. The molecule has 0 heterocycles. The summed E-state index contributed by atoms with van der Waals surface area (Å²) in [5.41, 5.74) is 3.57. The van der Waals surface area contributed by atoms with E-state index >= 15 is 0 Å². The fourth-order valence-corrected chi connectivity index (χ4v) is 2.37. The van der Waals surface area contributed by atoms with E-state index in [1.165, 1.54) is 6.07 Å². The summed E-state index contributed by atoms with van der Waals surface area (Å²) >= 11 is 6.08. The van der Waals surface area contributed by atoms with Crippen LogP contribution in [0.3, 0.4) is 0 Å². The highest BCUT2D eigenvalue weighted by Crippen LogP contribution is 2.30. The van der Waals surface area contributed by atoms with Crippen LogP contribution in [0.25, 0.3) is 11.1 Å². The lowest BCUT2D eigenvalue weighted by molar-refractivity contribution is 0.630. The molecule has 0 unspecified atom stereocenters. The van der Waals surface area contributed by atoms with Crippen molar-refractivity contribution in [3.05, 3.63) is 58.4 Å². The van der Waals surface area contributed by atoms with E-state index in [4.69, 9.17) is 11.6 Å². The Balaban J connectivity index is 2.42. The van der Waals surface area contributed by atoms with Crippen molar-refractivity contribution < 1.29 is 4.39 Å². The number of hydrogen-bond acceptors (Lipinski definition) is 1. The Morgan fingerprint density at radius 2 is 1.90 bits per heavy atom. The van der Waals surface area contributed by atoms with Crippen LogP contribution >= 0.6 is 11.6 Å². The molecule has 0 aliphatic carbocycles. The van der Waals surface area contributed by atoms with Crippen LogP contribution in [0.15, 0.2) is 36.4 Å². The first-order valence-corrected chi connectivity index (χ1v) is 7.25. The fraction of sp³-hybridized carbons (Fsp3) is 0.294. The van der Waals surface area contributed by atoms with Gasteiger partial charge >= 0.3 is 0 Å². The van der Waals surface area contributed by atoms with E-state index in [1.807, 2.05) is 31.2 Å². The van der Waals surface area contributed by atoms with Gasteiger partial charge in [-0.05, 0) is 55.3 Å². The summed E-state index contributed by atoms with van der Waals surface area (Å²) in [6, 6.07) is 10.8. The maximum atomic E-state index is 14.1. The SMILES string of the molecule is CCCNCc1ccc(Cl)cc1-c1cc(C)ccc1F. The molecule has 3 heteroatoms. The molecule has 0 atom stereocenters. The molecule has 20 heavy (non-hydrogen) atoms. The first kappa shape index (κ1) is 15.0. The summed E-state index contributed by atoms with van der Waals surface area (Å²) in [6.07, 6.45) is 1.07. The van der Waals surface area contributed by atoms with Gasteiger partial charge in [0.2, 0.25) is 0 Å². The van der Waals surface area contributed by atoms with Gasteiger partial charge in [0, 0.05) is 17.1 Å². The molecule has 0 aliphatic rings. The second kappa shape index (κ2) is 6.87. The molecule has 2 aromatic carbocycles. The summed E-state index contributed by atoms with van der Waals surface area (Å²) in [6.45, 7) is 5.74. The highest BCUT2D eigenvalue weighted by atomic mass is 35.5. The minimum absolute atomic E-state index is 0.213. The fourth-order valence-electron chi connectivity index (χ4n) is 2.20. The van der Waals surface area contributed by atoms with Crippen molar-refractivity contribution in [3.63, 3.8) is 0 Å². The molecule has 0 radical (unpaired) electrons. The van der Waals surface area contributed by atoms with Gasteiger partial charge in [0.15, 0.2) is 0 Å². The molecule has 0 amide bonds. The molecule has 2 aromatic rings. The molecular formula is C17H19ClFN. The second-order valence-electron chi connectivity index (χ2n) is 4.96. The molecule has 0 aliphatic heterocycles. The van der Waals surface area contributed by atoms with Crippen molar-refractivity contribution in [2.24, 2.45) is 0 Å². The van der Waals surface area contributed by atoms with Crippen LogP contribution in [0.2, 0.25) is 5.02 Å². The van der Waals surface area contributed by atoms with Gasteiger partial charge in [0.25, 0.3) is 0 Å². The van der Waals surface area contributed by atoms with Crippen molar-refractivity contribution in [1.82, 2.24) is 5.32 Å². The van der Waals surface area contributed by atoms with E-state index in [1.54, 1.807) is 6.07 Å². The number of hydrogen-bond donors (Lipinski definition) is 1. The largest absolute Gasteiger partial charge is 0.313 e. The molecule has 106 valence electrons. The van der Waals surface area contributed by atoms with Crippen LogP contribution in [0, 0.1) is 12.7 Å². The smallest absolute Gasteiger partial charge is 0.131 e. The summed E-state index contributed by atoms with van der Waals surface area (Å²) in [4.78, 5) is 0. The first-order chi connectivity index (χ1) is 9.61. The van der Waals surface area contributed by atoms with Gasteiger partial charge < -0.3 is 5.32 Å². The van der Waals surface area contributed by atoms with Crippen molar-refractivity contribution in [2.45, 2.75) is 26.8 Å². The highest BCUT2D eigenvalue weighted by Gasteiger charge is 2.10. The topological polar surface area (TPSA) is 12.0 Å². The molecule has 0 saturated heterocycles. The van der Waals surface area contributed by atoms with Crippen LogP contribution in [0.5, 0.6) is 0 Å². The average Bonchev–Trinajstić information content (AvgIpc) is 2.43. The molecular weight excluding hydrogens is 273 g/mol. The molecule has 1 nitrogen and oxygen atoms in total. The van der Waals surface area contributed by atoms with E-state index in [0.29, 0.717) is 17.1 Å². The number of halogens is 2. The molecule has 0 saturated carbocycles. The van der Waals surface area contributed by atoms with Gasteiger partial charge in [-0.15, -0.1) is 0 Å². The normalized spacial score (nSPS) is 10.8. The van der Waals surface area contributed by atoms with Crippen molar-refractivity contribution in [2.75, 3.05) is 6.54 Å². The Labute approximate surface area is 124 Å². The van der Waals surface area contributed by atoms with Crippen LogP contribution in [0.4, 0.5) is 4.39 Å². The van der Waals surface area contributed by atoms with Gasteiger partial charge in [-0.3, -0.25) is 0 Å². The lowest BCUT2D eigenvalue weighted by atomic mass is 9.97. The molecule has 0 aromatic heterocycles. The van der Waals surface area contributed by atoms with E-state index in [2.05, 4.69) is 12.2 Å². The summed E-state index contributed by atoms with van der Waals surface area (Å²) in [5, 5.41) is 3.97. The van der Waals surface area contributed by atoms with Crippen molar-refractivity contribution in [3.8, 4) is 11.1 Å². The van der Waals surface area contributed by atoms with Crippen molar-refractivity contribution in [1.29, 1.82) is 0 Å². The minimum atomic E-state index is -0.213. The highest BCUT2D eigenvalue weighted by molar-refractivity contribution is 6.30. The third-order valence-corrected chi connectivity index (χ3v) is 3.46. The van der Waals surface area contributed by atoms with Crippen LogP contribution in [-0.2, 0) is 6.54 Å². The Kier molecular flexibility index (Phi) is 5.16. The van der Waals surface area contributed by atoms with E-state index in [-0.39, 0.29) is 5.82 Å². The summed E-state index contributed by atoms with van der Waals surface area (Å²) in [7, 11) is 0. The molecule has 1 N–H and O–H groups in total. The Hall–Kier alpha value is -1.38. The Morgan fingerprint density at radius 1 is 1.10 bits per heavy atom. The van der Waals surface area contributed by atoms with Crippen LogP contribution in [-0.4, -0.2) is 6.54 Å². The first-order valence-electron chi connectivity index (χ1n) is 6.87. The monoisotopic (exact) mass is 291 g/mol. The zero-order valence-electron chi connectivity index (χ0n) is 11.8. The molecule has 0 fully saturated rings. The van der Waals surface area contributed by atoms with Gasteiger partial charge in [0.1, 0.15) is 5.82 Å². The maximum absolute atomic E-state index is 14.1. The van der Waals surface area contributed by atoms with E-state index < -0.39 is 0 Å². The Morgan fingerprint density at radius 3 is 2.65 bits per heavy atom. The zero-order chi connectivity index (χ0) is 14.5. The number of rotatable bonds is 5. The van der Waals surface area contributed by atoms with Gasteiger partial charge in [-0.25, -0.2) is 4.39 Å². The Bertz CT molecular complexity index is 596. The van der Waals surface area contributed by atoms with E-state index in [9.17, 15) is 4.39 Å². The minimum Gasteiger partial charge on any atom is -0.313 e. The molecule has 0 bridgehead atoms. The predicted octanol–water partition coefficient (Wildman–Crippen LogP) is 4.95. The summed E-state index contributed by atoms with van der Waals surface area (Å²) in [5.74, 6) is -0.213.